The number of nitrogens with one attached hydrogen (secondary N) is 2. The Bertz CT molecular complexity index is 1510. The van der Waals surface area contributed by atoms with Crippen LogP contribution in [0.15, 0.2) is 120 Å². The number of aliphatic imine (C=N–C) groups is 1. The molecule has 0 saturated carbocycles. The molecule has 2 N–H and O–H groups in total. The number of rotatable bonds is 8. The lowest BCUT2D eigenvalue weighted by molar-refractivity contribution is -0.124. The first kappa shape index (κ1) is 26.4. The van der Waals surface area contributed by atoms with Gasteiger partial charge in [-0.1, -0.05) is 109 Å². The smallest absolute Gasteiger partial charge is 0.409 e. The Labute approximate surface area is 232 Å². The lowest BCUT2D eigenvalue weighted by atomic mass is 10.0. The van der Waals surface area contributed by atoms with Crippen molar-refractivity contribution in [1.82, 2.24) is 10.6 Å². The van der Waals surface area contributed by atoms with Gasteiger partial charge >= 0.3 is 6.09 Å². The van der Waals surface area contributed by atoms with Crippen LogP contribution in [0.5, 0.6) is 0 Å². The van der Waals surface area contributed by atoms with Gasteiger partial charge in [0.1, 0.15) is 13.2 Å². The molecule has 0 spiro atoms. The van der Waals surface area contributed by atoms with E-state index in [9.17, 15) is 14.4 Å². The molecule has 40 heavy (non-hydrogen) atoms. The lowest BCUT2D eigenvalue weighted by Gasteiger charge is -2.25. The molecule has 200 valence electrons. The normalized spacial score (nSPS) is 14.4. The zero-order chi connectivity index (χ0) is 27.7. The van der Waals surface area contributed by atoms with Gasteiger partial charge in [-0.25, -0.2) is 9.79 Å². The SMILES string of the molecule is O=C(CN1C(=O)C(NC(=O)OCc2ccccc2)N=C(c2ccccc2)c2ccccc21)NCc1ccccc1. The molecule has 0 bridgehead atoms. The number of fused-ring (bicyclic) bond motifs is 1. The first-order valence-electron chi connectivity index (χ1n) is 12.9. The molecule has 1 aliphatic heterocycles. The Morgan fingerprint density at radius 2 is 1.38 bits per heavy atom. The predicted octanol–water partition coefficient (Wildman–Crippen LogP) is 4.44. The molecule has 0 aliphatic carbocycles. The average molecular weight is 533 g/mol. The van der Waals surface area contributed by atoms with Crippen LogP contribution in [0.3, 0.4) is 0 Å². The molecule has 0 radical (unpaired) electrons. The number of benzodiazepines with no additional fused rings is 1. The fourth-order valence-electron chi connectivity index (χ4n) is 4.39. The van der Waals surface area contributed by atoms with Gasteiger partial charge in [0.25, 0.3) is 5.91 Å². The van der Waals surface area contributed by atoms with E-state index in [4.69, 9.17) is 9.73 Å². The molecular weight excluding hydrogens is 504 g/mol. The molecular formula is C32H28N4O4. The lowest BCUT2D eigenvalue weighted by Crippen LogP contribution is -2.50. The van der Waals surface area contributed by atoms with Crippen LogP contribution >= 0.6 is 0 Å². The summed E-state index contributed by atoms with van der Waals surface area (Å²) in [7, 11) is 0. The van der Waals surface area contributed by atoms with E-state index in [2.05, 4.69) is 10.6 Å². The molecule has 1 heterocycles. The summed E-state index contributed by atoms with van der Waals surface area (Å²) >= 11 is 0. The number of hydrogen-bond acceptors (Lipinski definition) is 5. The standard InChI is InChI=1S/C32H28N4O4/c37-28(33-20-23-12-4-1-5-13-23)21-36-27-19-11-10-18-26(27)29(25-16-8-3-9-17-25)34-30(31(36)38)35-32(39)40-22-24-14-6-2-7-15-24/h1-19,30H,20-22H2,(H,33,37)(H,35,39). The van der Waals surface area contributed by atoms with Crippen LogP contribution in [-0.4, -0.2) is 36.3 Å². The van der Waals surface area contributed by atoms with E-state index in [1.54, 1.807) is 12.1 Å². The predicted molar refractivity (Wildman–Crippen MR) is 153 cm³/mol. The van der Waals surface area contributed by atoms with E-state index in [0.717, 1.165) is 16.7 Å². The third kappa shape index (κ3) is 6.42. The maximum atomic E-state index is 13.9. The fraction of sp³-hybridized carbons (Fsp3) is 0.125. The topological polar surface area (TPSA) is 100 Å². The van der Waals surface area contributed by atoms with Gasteiger partial charge < -0.3 is 10.1 Å². The molecule has 1 atom stereocenters. The number of para-hydroxylation sites is 1. The third-order valence-electron chi connectivity index (χ3n) is 6.36. The van der Waals surface area contributed by atoms with Crippen LogP contribution in [0.1, 0.15) is 22.3 Å². The molecule has 1 unspecified atom stereocenters. The first-order chi connectivity index (χ1) is 19.6. The summed E-state index contributed by atoms with van der Waals surface area (Å²) < 4.78 is 5.37. The molecule has 4 aromatic carbocycles. The van der Waals surface area contributed by atoms with Crippen LogP contribution < -0.4 is 15.5 Å². The summed E-state index contributed by atoms with van der Waals surface area (Å²) in [6.45, 7) is 0.106. The maximum absolute atomic E-state index is 13.9. The molecule has 0 aromatic heterocycles. The molecule has 5 rings (SSSR count). The molecule has 8 nitrogen and oxygen atoms in total. The van der Waals surface area contributed by atoms with E-state index in [1.807, 2.05) is 103 Å². The Hall–Kier alpha value is -5.24. The van der Waals surface area contributed by atoms with Crippen LogP contribution in [0.25, 0.3) is 0 Å². The van der Waals surface area contributed by atoms with Crippen molar-refractivity contribution in [1.29, 1.82) is 0 Å². The van der Waals surface area contributed by atoms with Crippen molar-refractivity contribution in [3.63, 3.8) is 0 Å². The van der Waals surface area contributed by atoms with Gasteiger partial charge in [0, 0.05) is 17.7 Å². The van der Waals surface area contributed by atoms with Gasteiger partial charge in [0.15, 0.2) is 0 Å². The largest absolute Gasteiger partial charge is 0.445 e. The minimum absolute atomic E-state index is 0.0364. The van der Waals surface area contributed by atoms with Crippen molar-refractivity contribution < 1.29 is 19.1 Å². The second-order valence-corrected chi connectivity index (χ2v) is 9.16. The van der Waals surface area contributed by atoms with Crippen molar-refractivity contribution in [3.8, 4) is 0 Å². The highest BCUT2D eigenvalue weighted by atomic mass is 16.5. The number of alkyl carbamates (subject to hydrolysis) is 1. The van der Waals surface area contributed by atoms with Crippen molar-refractivity contribution in [3.05, 3.63) is 138 Å². The fourth-order valence-corrected chi connectivity index (χ4v) is 4.39. The summed E-state index contributed by atoms with van der Waals surface area (Å²) in [5, 5.41) is 5.48. The summed E-state index contributed by atoms with van der Waals surface area (Å²) in [6.07, 6.45) is -2.11. The number of benzene rings is 4. The van der Waals surface area contributed by atoms with Gasteiger partial charge in [-0.3, -0.25) is 19.8 Å². The molecule has 8 heteroatoms. The number of ether oxygens (including phenoxy) is 1. The minimum Gasteiger partial charge on any atom is -0.445 e. The number of amides is 3. The quantitative estimate of drug-likeness (QED) is 0.350. The summed E-state index contributed by atoms with van der Waals surface area (Å²) in [4.78, 5) is 45.8. The third-order valence-corrected chi connectivity index (χ3v) is 6.36. The number of nitrogens with zero attached hydrogens (tertiary/aromatic N) is 2. The number of carbonyl (C=O) groups is 3. The van der Waals surface area contributed by atoms with Crippen molar-refractivity contribution in [2.24, 2.45) is 4.99 Å². The van der Waals surface area contributed by atoms with Gasteiger partial charge in [0.2, 0.25) is 12.1 Å². The van der Waals surface area contributed by atoms with Crippen LogP contribution in [-0.2, 0) is 27.5 Å². The second kappa shape index (κ2) is 12.5. The monoisotopic (exact) mass is 532 g/mol. The minimum atomic E-state index is -1.31. The number of hydrogen-bond donors (Lipinski definition) is 2. The Balaban J connectivity index is 1.42. The highest BCUT2D eigenvalue weighted by Crippen LogP contribution is 2.28. The molecule has 1 aliphatic rings. The molecule has 3 amide bonds. The Morgan fingerprint density at radius 1 is 0.775 bits per heavy atom. The van der Waals surface area contributed by atoms with Gasteiger partial charge in [-0.15, -0.1) is 0 Å². The van der Waals surface area contributed by atoms with Crippen molar-refractivity contribution >= 4 is 29.3 Å². The van der Waals surface area contributed by atoms with Crippen molar-refractivity contribution in [2.75, 3.05) is 11.4 Å². The number of carbonyl (C=O) groups excluding carboxylic acids is 3. The summed E-state index contributed by atoms with van der Waals surface area (Å²) in [5.74, 6) is -0.898. The maximum Gasteiger partial charge on any atom is 0.409 e. The second-order valence-electron chi connectivity index (χ2n) is 9.16. The van der Waals surface area contributed by atoms with E-state index in [1.165, 1.54) is 4.90 Å². The van der Waals surface area contributed by atoms with Crippen molar-refractivity contribution in [2.45, 2.75) is 19.3 Å². The summed E-state index contributed by atoms with van der Waals surface area (Å²) in [6, 6.07) is 35.4. The van der Waals surface area contributed by atoms with Gasteiger partial charge in [0.05, 0.1) is 11.4 Å². The Morgan fingerprint density at radius 3 is 2.08 bits per heavy atom. The average Bonchev–Trinajstić information content (AvgIpc) is 3.11. The van der Waals surface area contributed by atoms with Crippen LogP contribution in [0.2, 0.25) is 0 Å². The highest BCUT2D eigenvalue weighted by molar-refractivity contribution is 6.20. The van der Waals surface area contributed by atoms with Crippen LogP contribution in [0, 0.1) is 0 Å². The van der Waals surface area contributed by atoms with Crippen LogP contribution in [0.4, 0.5) is 10.5 Å². The summed E-state index contributed by atoms with van der Waals surface area (Å²) in [5.41, 5.74) is 4.22. The highest BCUT2D eigenvalue weighted by Gasteiger charge is 2.34. The molecule has 4 aromatic rings. The Kier molecular flexibility index (Phi) is 8.26. The first-order valence-corrected chi connectivity index (χ1v) is 12.9. The van der Waals surface area contributed by atoms with E-state index in [-0.39, 0.29) is 19.1 Å². The zero-order valence-electron chi connectivity index (χ0n) is 21.7. The van der Waals surface area contributed by atoms with E-state index < -0.39 is 18.2 Å². The zero-order valence-corrected chi connectivity index (χ0v) is 21.7. The van der Waals surface area contributed by atoms with E-state index in [0.29, 0.717) is 23.5 Å². The molecule has 0 fully saturated rings. The number of anilines is 1. The van der Waals surface area contributed by atoms with Gasteiger partial charge in [-0.05, 0) is 17.2 Å². The molecule has 0 saturated heterocycles. The van der Waals surface area contributed by atoms with Gasteiger partial charge in [-0.2, -0.15) is 0 Å². The van der Waals surface area contributed by atoms with E-state index >= 15 is 0 Å².